The summed E-state index contributed by atoms with van der Waals surface area (Å²) in [4.78, 5) is 13.9. The molecule has 4 nitrogen and oxygen atoms in total. The number of amides is 1. The van der Waals surface area contributed by atoms with E-state index in [1.807, 2.05) is 39.0 Å². The lowest BCUT2D eigenvalue weighted by Gasteiger charge is -2.32. The van der Waals surface area contributed by atoms with E-state index in [9.17, 15) is 4.79 Å². The van der Waals surface area contributed by atoms with Crippen LogP contribution in [-0.4, -0.2) is 25.3 Å². The van der Waals surface area contributed by atoms with Crippen LogP contribution in [0.5, 0.6) is 5.75 Å². The van der Waals surface area contributed by atoms with E-state index < -0.39 is 5.60 Å². The molecule has 1 aromatic carbocycles. The van der Waals surface area contributed by atoms with Gasteiger partial charge in [-0.3, -0.25) is 4.90 Å². The maximum Gasteiger partial charge on any atom is 0.414 e. The minimum absolute atomic E-state index is 0.290. The fourth-order valence-electron chi connectivity index (χ4n) is 2.29. The van der Waals surface area contributed by atoms with E-state index in [0.717, 1.165) is 29.8 Å². The molecule has 0 N–H and O–H groups in total. The maximum absolute atomic E-state index is 12.2. The van der Waals surface area contributed by atoms with Crippen molar-refractivity contribution in [3.63, 3.8) is 0 Å². The van der Waals surface area contributed by atoms with Gasteiger partial charge >= 0.3 is 6.09 Å². The second kappa shape index (κ2) is 5.11. The Bertz CT molecular complexity index is 477. The smallest absolute Gasteiger partial charge is 0.414 e. The Balaban J connectivity index is 2.30. The Morgan fingerprint density at radius 3 is 2.68 bits per heavy atom. The van der Waals surface area contributed by atoms with Crippen LogP contribution < -0.4 is 9.64 Å². The predicted molar refractivity (Wildman–Crippen MR) is 74.9 cm³/mol. The topological polar surface area (TPSA) is 38.8 Å². The second-order valence-electron chi connectivity index (χ2n) is 5.69. The summed E-state index contributed by atoms with van der Waals surface area (Å²) in [7, 11) is 1.65. The Morgan fingerprint density at radius 2 is 2.05 bits per heavy atom. The number of ether oxygens (including phenoxy) is 2. The Morgan fingerprint density at radius 1 is 1.32 bits per heavy atom. The van der Waals surface area contributed by atoms with Crippen LogP contribution in [0.25, 0.3) is 0 Å². The zero-order valence-electron chi connectivity index (χ0n) is 12.0. The van der Waals surface area contributed by atoms with E-state index in [2.05, 4.69) is 0 Å². The van der Waals surface area contributed by atoms with E-state index in [1.165, 1.54) is 0 Å². The van der Waals surface area contributed by atoms with E-state index in [4.69, 9.17) is 9.47 Å². The van der Waals surface area contributed by atoms with Gasteiger partial charge in [-0.05, 0) is 45.7 Å². The van der Waals surface area contributed by atoms with Crippen molar-refractivity contribution in [1.82, 2.24) is 0 Å². The van der Waals surface area contributed by atoms with Crippen molar-refractivity contribution in [2.45, 2.75) is 39.2 Å². The number of carbonyl (C=O) groups is 1. The fourth-order valence-corrected chi connectivity index (χ4v) is 2.29. The largest absolute Gasteiger partial charge is 0.496 e. The minimum Gasteiger partial charge on any atom is -0.496 e. The molecule has 0 fully saturated rings. The van der Waals surface area contributed by atoms with Crippen LogP contribution in [0.4, 0.5) is 10.5 Å². The molecule has 0 spiro atoms. The van der Waals surface area contributed by atoms with Gasteiger partial charge in [0.15, 0.2) is 0 Å². The first-order chi connectivity index (χ1) is 8.92. The molecule has 0 aliphatic carbocycles. The number of nitrogens with zero attached hydrogens (tertiary/aromatic N) is 1. The van der Waals surface area contributed by atoms with Crippen molar-refractivity contribution in [2.24, 2.45) is 0 Å². The third kappa shape index (κ3) is 3.00. The van der Waals surface area contributed by atoms with Crippen LogP contribution in [0.1, 0.15) is 32.8 Å². The highest BCUT2D eigenvalue weighted by Gasteiger charge is 2.28. The highest BCUT2D eigenvalue weighted by molar-refractivity contribution is 5.90. The Hall–Kier alpha value is -1.71. The summed E-state index contributed by atoms with van der Waals surface area (Å²) in [6, 6.07) is 5.78. The molecule has 0 saturated heterocycles. The molecule has 1 aliphatic rings. The van der Waals surface area contributed by atoms with E-state index in [0.29, 0.717) is 6.54 Å². The normalized spacial score (nSPS) is 14.8. The van der Waals surface area contributed by atoms with Gasteiger partial charge in [0, 0.05) is 12.1 Å². The van der Waals surface area contributed by atoms with Crippen LogP contribution >= 0.6 is 0 Å². The molecule has 104 valence electrons. The van der Waals surface area contributed by atoms with E-state index in [1.54, 1.807) is 12.0 Å². The van der Waals surface area contributed by atoms with Gasteiger partial charge in [-0.2, -0.15) is 0 Å². The van der Waals surface area contributed by atoms with Gasteiger partial charge in [0.05, 0.1) is 12.8 Å². The molecule has 1 aromatic rings. The van der Waals surface area contributed by atoms with Gasteiger partial charge in [-0.25, -0.2) is 4.79 Å². The first-order valence-corrected chi connectivity index (χ1v) is 6.59. The summed E-state index contributed by atoms with van der Waals surface area (Å²) in [5.74, 6) is 0.839. The number of rotatable bonds is 1. The monoisotopic (exact) mass is 263 g/mol. The number of carbonyl (C=O) groups excluding carboxylic acids is 1. The van der Waals surface area contributed by atoms with Crippen LogP contribution in [0.15, 0.2) is 18.2 Å². The zero-order valence-corrected chi connectivity index (χ0v) is 12.0. The number of anilines is 1. The fraction of sp³-hybridized carbons (Fsp3) is 0.533. The van der Waals surface area contributed by atoms with Gasteiger partial charge in [0.25, 0.3) is 0 Å². The van der Waals surface area contributed by atoms with Gasteiger partial charge in [-0.1, -0.05) is 6.07 Å². The van der Waals surface area contributed by atoms with Crippen molar-refractivity contribution >= 4 is 11.8 Å². The second-order valence-corrected chi connectivity index (χ2v) is 5.69. The third-order valence-corrected chi connectivity index (χ3v) is 3.04. The van der Waals surface area contributed by atoms with E-state index >= 15 is 0 Å². The van der Waals surface area contributed by atoms with Gasteiger partial charge in [0.2, 0.25) is 0 Å². The summed E-state index contributed by atoms with van der Waals surface area (Å²) in [5, 5.41) is 0. The molecule has 0 unspecified atom stereocenters. The lowest BCUT2D eigenvalue weighted by atomic mass is 10.0. The number of hydrogen-bond acceptors (Lipinski definition) is 3. The number of benzene rings is 1. The molecule has 0 aromatic heterocycles. The molecule has 0 radical (unpaired) electrons. The van der Waals surface area contributed by atoms with Gasteiger partial charge in [-0.15, -0.1) is 0 Å². The standard InChI is InChI=1S/C15H21NO3/c1-15(2,3)19-14(17)16-10-6-7-11-12(16)8-5-9-13(11)18-4/h5,8-9H,6-7,10H2,1-4H3. The molecule has 0 atom stereocenters. The van der Waals surface area contributed by atoms with Gasteiger partial charge in [0.1, 0.15) is 11.4 Å². The number of fused-ring (bicyclic) bond motifs is 1. The third-order valence-electron chi connectivity index (χ3n) is 3.04. The quantitative estimate of drug-likeness (QED) is 0.779. The average Bonchev–Trinajstić information content (AvgIpc) is 2.35. The molecule has 0 saturated carbocycles. The Kier molecular flexibility index (Phi) is 3.69. The zero-order chi connectivity index (χ0) is 14.0. The minimum atomic E-state index is -0.479. The first-order valence-electron chi connectivity index (χ1n) is 6.59. The summed E-state index contributed by atoms with van der Waals surface area (Å²) < 4.78 is 10.8. The summed E-state index contributed by atoms with van der Waals surface area (Å²) in [6.45, 7) is 6.32. The number of methoxy groups -OCH3 is 1. The van der Waals surface area contributed by atoms with Crippen molar-refractivity contribution in [1.29, 1.82) is 0 Å². The summed E-state index contributed by atoms with van der Waals surface area (Å²) in [5.41, 5.74) is 1.51. The molecule has 1 heterocycles. The van der Waals surface area contributed by atoms with Crippen LogP contribution in [0, 0.1) is 0 Å². The summed E-state index contributed by atoms with van der Waals surface area (Å²) in [6.07, 6.45) is 1.56. The van der Waals surface area contributed by atoms with Crippen LogP contribution in [-0.2, 0) is 11.2 Å². The Labute approximate surface area is 114 Å². The molecular weight excluding hydrogens is 242 g/mol. The summed E-state index contributed by atoms with van der Waals surface area (Å²) >= 11 is 0. The molecule has 2 rings (SSSR count). The number of hydrogen-bond donors (Lipinski definition) is 0. The van der Waals surface area contributed by atoms with Crippen molar-refractivity contribution in [2.75, 3.05) is 18.6 Å². The van der Waals surface area contributed by atoms with Gasteiger partial charge < -0.3 is 9.47 Å². The molecule has 19 heavy (non-hydrogen) atoms. The van der Waals surface area contributed by atoms with Crippen molar-refractivity contribution in [3.05, 3.63) is 23.8 Å². The first kappa shape index (κ1) is 13.7. The molecule has 0 bridgehead atoms. The average molecular weight is 263 g/mol. The van der Waals surface area contributed by atoms with Crippen LogP contribution in [0.3, 0.4) is 0 Å². The van der Waals surface area contributed by atoms with Crippen molar-refractivity contribution in [3.8, 4) is 5.75 Å². The SMILES string of the molecule is COc1cccc2c1CCCN2C(=O)OC(C)(C)C. The predicted octanol–water partition coefficient (Wildman–Crippen LogP) is 3.38. The van der Waals surface area contributed by atoms with Crippen LogP contribution in [0.2, 0.25) is 0 Å². The molecular formula is C15H21NO3. The highest BCUT2D eigenvalue weighted by Crippen LogP contribution is 2.34. The maximum atomic E-state index is 12.2. The van der Waals surface area contributed by atoms with Crippen molar-refractivity contribution < 1.29 is 14.3 Å². The molecule has 1 amide bonds. The molecule has 1 aliphatic heterocycles. The molecule has 4 heteroatoms. The van der Waals surface area contributed by atoms with E-state index in [-0.39, 0.29) is 6.09 Å². The highest BCUT2D eigenvalue weighted by atomic mass is 16.6. The lowest BCUT2D eigenvalue weighted by molar-refractivity contribution is 0.0578. The lowest BCUT2D eigenvalue weighted by Crippen LogP contribution is -2.39.